The van der Waals surface area contributed by atoms with Crippen molar-refractivity contribution in [1.29, 1.82) is 0 Å². The Hall–Kier alpha value is -2.62. The van der Waals surface area contributed by atoms with Gasteiger partial charge in [0.1, 0.15) is 5.75 Å². The number of methoxy groups -OCH3 is 1. The Morgan fingerprint density at radius 1 is 1.25 bits per heavy atom. The van der Waals surface area contributed by atoms with Crippen molar-refractivity contribution in [3.8, 4) is 5.75 Å². The second kappa shape index (κ2) is 8.06. The third kappa shape index (κ3) is 3.35. The van der Waals surface area contributed by atoms with E-state index in [-0.39, 0.29) is 23.8 Å². The summed E-state index contributed by atoms with van der Waals surface area (Å²) in [4.78, 5) is 34.6. The molecule has 0 aliphatic carbocycles. The molecule has 3 aliphatic rings. The average Bonchev–Trinajstić information content (AvgIpc) is 3.15. The molecule has 1 atom stereocenters. The number of aromatic nitrogens is 1. The lowest BCUT2D eigenvalue weighted by atomic mass is 9.68. The second-order valence-electron chi connectivity index (χ2n) is 9.09. The van der Waals surface area contributed by atoms with E-state index in [1.807, 2.05) is 28.0 Å². The fraction of sp³-hybridized carbons (Fsp3) is 0.565. The highest BCUT2D eigenvalue weighted by Crippen LogP contribution is 2.48. The molecule has 1 aromatic heterocycles. The minimum Gasteiger partial charge on any atom is -0.497 e. The zero-order valence-electron chi connectivity index (χ0n) is 18.6. The van der Waals surface area contributed by atoms with Crippen LogP contribution in [0, 0.1) is 0 Å². The first-order chi connectivity index (χ1) is 15.5. The molecule has 4 heterocycles. The molecular formula is C23H30N4O5. The Labute approximate surface area is 186 Å². The minimum atomic E-state index is -0.450. The number of hydrogen-bond donors (Lipinski definition) is 2. The van der Waals surface area contributed by atoms with Gasteiger partial charge in [-0.2, -0.15) is 0 Å². The maximum absolute atomic E-state index is 13.4. The molecule has 172 valence electrons. The number of likely N-dealkylation sites (tertiary alicyclic amines) is 1. The molecule has 2 amide bonds. The van der Waals surface area contributed by atoms with Crippen LogP contribution in [-0.4, -0.2) is 103 Å². The van der Waals surface area contributed by atoms with Gasteiger partial charge in [0.05, 0.1) is 44.9 Å². The van der Waals surface area contributed by atoms with E-state index in [2.05, 4.69) is 9.88 Å². The molecule has 2 saturated heterocycles. The number of hydrogen-bond acceptors (Lipinski definition) is 6. The Bertz CT molecular complexity index is 1040. The lowest BCUT2D eigenvalue weighted by Crippen LogP contribution is -2.68. The number of carbonyl (C=O) groups excluding carboxylic acids is 2. The van der Waals surface area contributed by atoms with Crippen LogP contribution < -0.4 is 4.74 Å². The number of nitrogens with one attached hydrogen (secondary N) is 1. The van der Waals surface area contributed by atoms with Crippen LogP contribution in [0.5, 0.6) is 5.75 Å². The smallest absolute Gasteiger partial charge is 0.237 e. The molecule has 1 aromatic carbocycles. The molecule has 3 aliphatic heterocycles. The molecule has 0 unspecified atom stereocenters. The van der Waals surface area contributed by atoms with Crippen molar-refractivity contribution in [1.82, 2.24) is 19.7 Å². The average molecular weight is 443 g/mol. The quantitative estimate of drug-likeness (QED) is 0.715. The van der Waals surface area contributed by atoms with Crippen LogP contribution in [0.25, 0.3) is 10.9 Å². The van der Waals surface area contributed by atoms with Crippen molar-refractivity contribution in [3.05, 3.63) is 29.5 Å². The minimum absolute atomic E-state index is 0.00603. The van der Waals surface area contributed by atoms with E-state index in [9.17, 15) is 14.7 Å². The number of aromatic amines is 1. The number of ether oxygens (including phenoxy) is 2. The maximum atomic E-state index is 13.4. The summed E-state index contributed by atoms with van der Waals surface area (Å²) in [5, 5.41) is 11.4. The van der Waals surface area contributed by atoms with Crippen LogP contribution in [0.4, 0.5) is 0 Å². The maximum Gasteiger partial charge on any atom is 0.237 e. The Balaban J connectivity index is 1.54. The van der Waals surface area contributed by atoms with Gasteiger partial charge >= 0.3 is 0 Å². The fourth-order valence-corrected chi connectivity index (χ4v) is 5.48. The first kappa shape index (κ1) is 21.2. The summed E-state index contributed by atoms with van der Waals surface area (Å²) in [6.45, 7) is 6.03. The highest BCUT2D eigenvalue weighted by atomic mass is 16.5. The van der Waals surface area contributed by atoms with E-state index in [1.165, 1.54) is 0 Å². The van der Waals surface area contributed by atoms with Gasteiger partial charge in [-0.1, -0.05) is 0 Å². The highest BCUT2D eigenvalue weighted by molar-refractivity contribution is 5.90. The zero-order chi connectivity index (χ0) is 22.5. The van der Waals surface area contributed by atoms with E-state index in [0.717, 1.165) is 41.0 Å². The summed E-state index contributed by atoms with van der Waals surface area (Å²) >= 11 is 0. The van der Waals surface area contributed by atoms with Gasteiger partial charge < -0.3 is 29.4 Å². The molecule has 2 N–H and O–H groups in total. The molecule has 1 spiro atoms. The van der Waals surface area contributed by atoms with Crippen LogP contribution >= 0.6 is 0 Å². The standard InChI is InChI=1S/C23H30N4O5/c1-15(29)26-12-23(13-26)14-27(20(30)10-25-5-7-32-8-6-25)19(11-28)22-21(23)17-4-3-16(31-2)9-18(17)24-22/h3-4,9,19,24,28H,5-8,10-14H2,1-2H3/t19-/m0/s1. The summed E-state index contributed by atoms with van der Waals surface area (Å²) in [7, 11) is 1.63. The van der Waals surface area contributed by atoms with E-state index in [1.54, 1.807) is 14.0 Å². The number of morpholine rings is 1. The molecule has 0 saturated carbocycles. The summed E-state index contributed by atoms with van der Waals surface area (Å²) in [6, 6.07) is 5.45. The van der Waals surface area contributed by atoms with Crippen molar-refractivity contribution < 1.29 is 24.2 Å². The third-order valence-corrected chi connectivity index (χ3v) is 7.14. The summed E-state index contributed by atoms with van der Waals surface area (Å²) in [5.74, 6) is 0.771. The monoisotopic (exact) mass is 442 g/mol. The van der Waals surface area contributed by atoms with Crippen LogP contribution in [0.1, 0.15) is 24.2 Å². The molecule has 5 rings (SSSR count). The molecule has 32 heavy (non-hydrogen) atoms. The lowest BCUT2D eigenvalue weighted by Gasteiger charge is -2.56. The first-order valence-electron chi connectivity index (χ1n) is 11.1. The topological polar surface area (TPSA) is 98.3 Å². The third-order valence-electron chi connectivity index (χ3n) is 7.14. The van der Waals surface area contributed by atoms with Gasteiger partial charge in [-0.3, -0.25) is 14.5 Å². The van der Waals surface area contributed by atoms with Gasteiger partial charge in [-0.25, -0.2) is 0 Å². The number of carbonyl (C=O) groups is 2. The molecule has 0 radical (unpaired) electrons. The predicted molar refractivity (Wildman–Crippen MR) is 118 cm³/mol. The van der Waals surface area contributed by atoms with Crippen LogP contribution in [0.2, 0.25) is 0 Å². The number of nitrogens with zero attached hydrogens (tertiary/aromatic N) is 3. The first-order valence-corrected chi connectivity index (χ1v) is 11.1. The van der Waals surface area contributed by atoms with Gasteiger partial charge in [0.2, 0.25) is 11.8 Å². The Kier molecular flexibility index (Phi) is 5.35. The van der Waals surface area contributed by atoms with Crippen LogP contribution in [0.3, 0.4) is 0 Å². The fourth-order valence-electron chi connectivity index (χ4n) is 5.48. The van der Waals surface area contributed by atoms with Gasteiger partial charge in [-0.05, 0) is 17.7 Å². The lowest BCUT2D eigenvalue weighted by molar-refractivity contribution is -0.145. The number of fused-ring (bicyclic) bond motifs is 4. The van der Waals surface area contributed by atoms with Crippen molar-refractivity contribution in [2.24, 2.45) is 0 Å². The summed E-state index contributed by atoms with van der Waals surface area (Å²) in [6.07, 6.45) is 0. The largest absolute Gasteiger partial charge is 0.497 e. The van der Waals surface area contributed by atoms with Gasteiger partial charge in [-0.15, -0.1) is 0 Å². The van der Waals surface area contributed by atoms with E-state index < -0.39 is 6.04 Å². The van der Waals surface area contributed by atoms with Gasteiger partial charge in [0.15, 0.2) is 0 Å². The van der Waals surface area contributed by atoms with E-state index in [0.29, 0.717) is 39.4 Å². The van der Waals surface area contributed by atoms with E-state index in [4.69, 9.17) is 9.47 Å². The SMILES string of the molecule is COc1ccc2c3c([nH]c2c1)[C@H](CO)N(C(=O)CN1CCOCC1)CC31CN(C(C)=O)C1. The van der Waals surface area contributed by atoms with Crippen molar-refractivity contribution in [2.45, 2.75) is 18.4 Å². The molecule has 9 nitrogen and oxygen atoms in total. The predicted octanol–water partition coefficient (Wildman–Crippen LogP) is 0.484. The van der Waals surface area contributed by atoms with E-state index >= 15 is 0 Å². The molecule has 0 bridgehead atoms. The molecule has 2 aromatic rings. The number of amides is 2. The Morgan fingerprint density at radius 3 is 2.66 bits per heavy atom. The number of aliphatic hydroxyl groups excluding tert-OH is 1. The normalized spacial score (nSPS) is 22.7. The van der Waals surface area contributed by atoms with Crippen molar-refractivity contribution in [3.63, 3.8) is 0 Å². The van der Waals surface area contributed by atoms with Crippen molar-refractivity contribution in [2.75, 3.05) is 66.2 Å². The van der Waals surface area contributed by atoms with Gasteiger partial charge in [0, 0.05) is 62.3 Å². The zero-order valence-corrected chi connectivity index (χ0v) is 18.6. The van der Waals surface area contributed by atoms with Crippen LogP contribution in [0.15, 0.2) is 18.2 Å². The molecular weight excluding hydrogens is 412 g/mol. The number of rotatable bonds is 4. The van der Waals surface area contributed by atoms with Gasteiger partial charge in [0.25, 0.3) is 0 Å². The van der Waals surface area contributed by atoms with Crippen molar-refractivity contribution >= 4 is 22.7 Å². The molecule has 2 fully saturated rings. The second-order valence-corrected chi connectivity index (χ2v) is 9.09. The number of H-pyrrole nitrogens is 1. The number of benzene rings is 1. The highest BCUT2D eigenvalue weighted by Gasteiger charge is 2.54. The summed E-state index contributed by atoms with van der Waals surface area (Å²) < 4.78 is 10.8. The number of aliphatic hydroxyl groups is 1. The molecule has 9 heteroatoms. The van der Waals surface area contributed by atoms with Crippen LogP contribution in [-0.2, 0) is 19.7 Å². The summed E-state index contributed by atoms with van der Waals surface area (Å²) in [5.41, 5.74) is 2.54. The Morgan fingerprint density at radius 2 is 2.00 bits per heavy atom.